The molecule has 0 atom stereocenters. The van der Waals surface area contributed by atoms with Gasteiger partial charge in [0.05, 0.1) is 6.54 Å². The van der Waals surface area contributed by atoms with Gasteiger partial charge in [-0.2, -0.15) is 0 Å². The summed E-state index contributed by atoms with van der Waals surface area (Å²) in [5, 5.41) is 5.91. The Balaban J connectivity index is 2.44. The SMILES string of the molecule is CC(C)(C)NC(=O)CCN=C(NN)Nc1ccccc1. The van der Waals surface area contributed by atoms with Crippen LogP contribution in [-0.2, 0) is 4.79 Å². The smallest absolute Gasteiger partial charge is 0.222 e. The molecule has 0 aliphatic heterocycles. The van der Waals surface area contributed by atoms with Gasteiger partial charge >= 0.3 is 0 Å². The average molecular weight is 277 g/mol. The number of rotatable bonds is 4. The van der Waals surface area contributed by atoms with Crippen molar-refractivity contribution in [2.75, 3.05) is 11.9 Å². The van der Waals surface area contributed by atoms with Gasteiger partial charge in [-0.05, 0) is 32.9 Å². The van der Waals surface area contributed by atoms with Crippen LogP contribution in [0.25, 0.3) is 0 Å². The van der Waals surface area contributed by atoms with Gasteiger partial charge < -0.3 is 10.6 Å². The minimum absolute atomic E-state index is 0.0302. The second-order valence-electron chi connectivity index (χ2n) is 5.41. The first kappa shape index (κ1) is 16.0. The van der Waals surface area contributed by atoms with Crippen molar-refractivity contribution < 1.29 is 4.79 Å². The molecule has 0 heterocycles. The highest BCUT2D eigenvalue weighted by molar-refractivity contribution is 5.93. The first-order chi connectivity index (χ1) is 9.40. The summed E-state index contributed by atoms with van der Waals surface area (Å²) in [5.41, 5.74) is 3.13. The van der Waals surface area contributed by atoms with Gasteiger partial charge in [0.15, 0.2) is 0 Å². The number of aliphatic imine (C=N–C) groups is 1. The van der Waals surface area contributed by atoms with Crippen LogP contribution in [0, 0.1) is 0 Å². The molecule has 6 heteroatoms. The average Bonchev–Trinajstić information content (AvgIpc) is 2.36. The third-order valence-electron chi connectivity index (χ3n) is 2.30. The van der Waals surface area contributed by atoms with Crippen LogP contribution in [0.1, 0.15) is 27.2 Å². The standard InChI is InChI=1S/C14H23N5O/c1-14(2,3)18-12(20)9-10-16-13(19-15)17-11-7-5-4-6-8-11/h4-8H,9-10,15H2,1-3H3,(H,18,20)(H2,16,17,19). The Morgan fingerprint density at radius 2 is 1.90 bits per heavy atom. The van der Waals surface area contributed by atoms with E-state index in [0.717, 1.165) is 5.69 Å². The minimum atomic E-state index is -0.224. The number of para-hydroxylation sites is 1. The van der Waals surface area contributed by atoms with E-state index in [9.17, 15) is 4.79 Å². The van der Waals surface area contributed by atoms with Crippen molar-refractivity contribution >= 4 is 17.6 Å². The molecule has 0 saturated carbocycles. The summed E-state index contributed by atoms with van der Waals surface area (Å²) in [6, 6.07) is 9.55. The molecule has 6 nitrogen and oxygen atoms in total. The van der Waals surface area contributed by atoms with E-state index >= 15 is 0 Å². The van der Waals surface area contributed by atoms with Gasteiger partial charge in [-0.3, -0.25) is 15.2 Å². The third-order valence-corrected chi connectivity index (χ3v) is 2.30. The molecule has 5 N–H and O–H groups in total. The number of guanidine groups is 1. The van der Waals surface area contributed by atoms with Gasteiger partial charge in [0, 0.05) is 17.6 Å². The monoisotopic (exact) mass is 277 g/mol. The number of nitrogens with zero attached hydrogens (tertiary/aromatic N) is 1. The predicted molar refractivity (Wildman–Crippen MR) is 82.2 cm³/mol. The minimum Gasteiger partial charge on any atom is -0.351 e. The fraction of sp³-hybridized carbons (Fsp3) is 0.429. The van der Waals surface area contributed by atoms with Gasteiger partial charge in [0.25, 0.3) is 0 Å². The predicted octanol–water partition coefficient (Wildman–Crippen LogP) is 1.22. The molecule has 0 unspecified atom stereocenters. The number of nitrogens with one attached hydrogen (secondary N) is 3. The third kappa shape index (κ3) is 6.75. The molecule has 0 saturated heterocycles. The number of anilines is 1. The number of nitrogens with two attached hydrogens (primary N) is 1. The zero-order valence-corrected chi connectivity index (χ0v) is 12.2. The number of hydrazine groups is 1. The molecule has 0 spiro atoms. The molecule has 0 aromatic heterocycles. The Kier molecular flexibility index (Phi) is 5.99. The summed E-state index contributed by atoms with van der Waals surface area (Å²) in [6.45, 7) is 6.19. The molecule has 0 aliphatic rings. The molecule has 20 heavy (non-hydrogen) atoms. The van der Waals surface area contributed by atoms with Crippen LogP contribution in [0.15, 0.2) is 35.3 Å². The second-order valence-corrected chi connectivity index (χ2v) is 5.41. The van der Waals surface area contributed by atoms with E-state index in [0.29, 0.717) is 18.9 Å². The van der Waals surface area contributed by atoms with Crippen molar-refractivity contribution in [2.45, 2.75) is 32.7 Å². The molecular weight excluding hydrogens is 254 g/mol. The lowest BCUT2D eigenvalue weighted by Crippen LogP contribution is -2.41. The van der Waals surface area contributed by atoms with Crippen LogP contribution in [0.3, 0.4) is 0 Å². The van der Waals surface area contributed by atoms with Crippen LogP contribution in [-0.4, -0.2) is 24.0 Å². The Bertz CT molecular complexity index is 450. The number of benzene rings is 1. The summed E-state index contributed by atoms with van der Waals surface area (Å²) in [4.78, 5) is 15.9. The lowest BCUT2D eigenvalue weighted by molar-refractivity contribution is -0.122. The highest BCUT2D eigenvalue weighted by atomic mass is 16.1. The highest BCUT2D eigenvalue weighted by Crippen LogP contribution is 2.04. The van der Waals surface area contributed by atoms with Gasteiger partial charge in [-0.15, -0.1) is 0 Å². The molecule has 0 aliphatic carbocycles. The molecule has 0 radical (unpaired) electrons. The first-order valence-electron chi connectivity index (χ1n) is 6.55. The maximum Gasteiger partial charge on any atom is 0.222 e. The topological polar surface area (TPSA) is 91.5 Å². The molecule has 1 aromatic rings. The molecular formula is C14H23N5O. The Morgan fingerprint density at radius 1 is 1.25 bits per heavy atom. The Hall–Kier alpha value is -2.08. The summed E-state index contributed by atoms with van der Waals surface area (Å²) >= 11 is 0. The normalized spacial score (nSPS) is 11.9. The highest BCUT2D eigenvalue weighted by Gasteiger charge is 2.12. The second kappa shape index (κ2) is 7.49. The molecule has 1 rings (SSSR count). The van der Waals surface area contributed by atoms with Crippen molar-refractivity contribution in [3.8, 4) is 0 Å². The van der Waals surface area contributed by atoms with Crippen LogP contribution < -0.4 is 21.9 Å². The first-order valence-corrected chi connectivity index (χ1v) is 6.55. The number of hydrogen-bond donors (Lipinski definition) is 4. The lowest BCUT2D eigenvalue weighted by Gasteiger charge is -2.20. The number of amides is 1. The maximum absolute atomic E-state index is 11.6. The quantitative estimate of drug-likeness (QED) is 0.288. The van der Waals surface area contributed by atoms with E-state index in [1.807, 2.05) is 51.1 Å². The summed E-state index contributed by atoms with van der Waals surface area (Å²) in [5.74, 6) is 5.80. The van der Waals surface area contributed by atoms with Crippen molar-refractivity contribution in [1.82, 2.24) is 10.7 Å². The van der Waals surface area contributed by atoms with Gasteiger partial charge in [-0.25, -0.2) is 5.84 Å². The molecule has 0 bridgehead atoms. The molecule has 1 aromatic carbocycles. The van der Waals surface area contributed by atoms with Crippen LogP contribution in [0.5, 0.6) is 0 Å². The number of carbonyl (C=O) groups is 1. The Morgan fingerprint density at radius 3 is 2.45 bits per heavy atom. The Labute approximate surface area is 119 Å². The van der Waals surface area contributed by atoms with E-state index in [2.05, 4.69) is 21.1 Å². The number of carbonyl (C=O) groups excluding carboxylic acids is 1. The van der Waals surface area contributed by atoms with Crippen molar-refractivity contribution in [2.24, 2.45) is 10.8 Å². The largest absolute Gasteiger partial charge is 0.351 e. The summed E-state index contributed by atoms with van der Waals surface area (Å²) in [6.07, 6.45) is 0.318. The van der Waals surface area contributed by atoms with E-state index in [1.54, 1.807) is 0 Å². The van der Waals surface area contributed by atoms with E-state index in [4.69, 9.17) is 5.84 Å². The van der Waals surface area contributed by atoms with Crippen LogP contribution >= 0.6 is 0 Å². The van der Waals surface area contributed by atoms with Crippen molar-refractivity contribution in [3.05, 3.63) is 30.3 Å². The lowest BCUT2D eigenvalue weighted by atomic mass is 10.1. The van der Waals surface area contributed by atoms with Crippen molar-refractivity contribution in [3.63, 3.8) is 0 Å². The maximum atomic E-state index is 11.6. The summed E-state index contributed by atoms with van der Waals surface area (Å²) < 4.78 is 0. The van der Waals surface area contributed by atoms with Gasteiger partial charge in [0.1, 0.15) is 0 Å². The summed E-state index contributed by atoms with van der Waals surface area (Å²) in [7, 11) is 0. The molecule has 110 valence electrons. The molecule has 1 amide bonds. The fourth-order valence-electron chi connectivity index (χ4n) is 1.53. The van der Waals surface area contributed by atoms with E-state index < -0.39 is 0 Å². The zero-order valence-electron chi connectivity index (χ0n) is 12.2. The van der Waals surface area contributed by atoms with E-state index in [-0.39, 0.29) is 11.4 Å². The van der Waals surface area contributed by atoms with Gasteiger partial charge in [-0.1, -0.05) is 18.2 Å². The fourth-order valence-corrected chi connectivity index (χ4v) is 1.53. The number of hydrogen-bond acceptors (Lipinski definition) is 3. The van der Waals surface area contributed by atoms with Crippen LogP contribution in [0.4, 0.5) is 5.69 Å². The zero-order chi connectivity index (χ0) is 15.0. The van der Waals surface area contributed by atoms with Gasteiger partial charge in [0.2, 0.25) is 11.9 Å². The van der Waals surface area contributed by atoms with Crippen LogP contribution in [0.2, 0.25) is 0 Å². The van der Waals surface area contributed by atoms with E-state index in [1.165, 1.54) is 0 Å². The van der Waals surface area contributed by atoms with Crippen molar-refractivity contribution in [1.29, 1.82) is 0 Å². The molecule has 0 fully saturated rings.